The molecule has 1 aromatic carbocycles. The Hall–Kier alpha value is -1.88. The number of methoxy groups -OCH3 is 1. The van der Waals surface area contributed by atoms with E-state index in [1.54, 1.807) is 12.0 Å². The molecule has 0 spiro atoms. The smallest absolute Gasteiger partial charge is 0.225 e. The second-order valence-corrected chi connectivity index (χ2v) is 5.26. The summed E-state index contributed by atoms with van der Waals surface area (Å²) >= 11 is 0. The first kappa shape index (κ1) is 15.5. The number of hydrogen-bond acceptors (Lipinski definition) is 3. The van der Waals surface area contributed by atoms with E-state index in [0.717, 1.165) is 6.42 Å². The minimum Gasteiger partial charge on any atom is -0.383 e. The molecule has 1 N–H and O–H groups in total. The average molecular weight is 290 g/mol. The summed E-state index contributed by atoms with van der Waals surface area (Å²) in [5, 5.41) is 2.92. The van der Waals surface area contributed by atoms with E-state index < -0.39 is 0 Å². The molecule has 1 heterocycles. The van der Waals surface area contributed by atoms with Crippen LogP contribution < -0.4 is 5.32 Å². The third-order valence-corrected chi connectivity index (χ3v) is 3.71. The minimum atomic E-state index is -0.231. The van der Waals surface area contributed by atoms with E-state index in [1.807, 2.05) is 30.3 Å². The number of nitrogens with zero attached hydrogens (tertiary/aromatic N) is 1. The van der Waals surface area contributed by atoms with Crippen molar-refractivity contribution in [2.24, 2.45) is 5.92 Å². The van der Waals surface area contributed by atoms with Crippen molar-refractivity contribution in [2.45, 2.75) is 12.8 Å². The number of carbonyl (C=O) groups is 2. The Bertz CT molecular complexity index is 476. The molecule has 0 radical (unpaired) electrons. The summed E-state index contributed by atoms with van der Waals surface area (Å²) in [6.07, 6.45) is 1.11. The molecule has 1 aliphatic rings. The fourth-order valence-electron chi connectivity index (χ4n) is 2.48. The van der Waals surface area contributed by atoms with Crippen LogP contribution in [0, 0.1) is 5.92 Å². The first-order valence-corrected chi connectivity index (χ1v) is 7.29. The Labute approximate surface area is 125 Å². The molecule has 1 atom stereocenters. The van der Waals surface area contributed by atoms with Gasteiger partial charge in [0.25, 0.3) is 0 Å². The van der Waals surface area contributed by atoms with Gasteiger partial charge in [0.1, 0.15) is 0 Å². The Morgan fingerprint density at radius 1 is 1.38 bits per heavy atom. The lowest BCUT2D eigenvalue weighted by Crippen LogP contribution is -2.34. The fourth-order valence-corrected chi connectivity index (χ4v) is 2.48. The molecular formula is C16H22N2O3. The standard InChI is InChI=1S/C16H22N2O3/c1-21-10-9-18-12-14(11-15(18)19)16(20)17-8-7-13-5-3-2-4-6-13/h2-6,14H,7-12H2,1H3,(H,17,20)/t14-/m1/s1. The zero-order chi connectivity index (χ0) is 15.1. The summed E-state index contributed by atoms with van der Waals surface area (Å²) in [7, 11) is 1.61. The van der Waals surface area contributed by atoms with Crippen LogP contribution in [0.4, 0.5) is 0 Å². The molecule has 1 aliphatic heterocycles. The lowest BCUT2D eigenvalue weighted by molar-refractivity contribution is -0.129. The van der Waals surface area contributed by atoms with Gasteiger partial charge in [-0.15, -0.1) is 0 Å². The van der Waals surface area contributed by atoms with Crippen LogP contribution in [-0.2, 0) is 20.7 Å². The molecule has 2 rings (SSSR count). The van der Waals surface area contributed by atoms with Gasteiger partial charge in [-0.05, 0) is 12.0 Å². The highest BCUT2D eigenvalue weighted by Crippen LogP contribution is 2.17. The number of ether oxygens (including phenoxy) is 1. The summed E-state index contributed by atoms with van der Waals surface area (Å²) < 4.78 is 4.97. The van der Waals surface area contributed by atoms with Crippen LogP contribution in [0.2, 0.25) is 0 Å². The molecule has 1 aromatic rings. The van der Waals surface area contributed by atoms with Gasteiger partial charge in [-0.1, -0.05) is 30.3 Å². The molecule has 21 heavy (non-hydrogen) atoms. The Balaban J connectivity index is 1.73. The number of nitrogens with one attached hydrogen (secondary N) is 1. The van der Waals surface area contributed by atoms with Gasteiger partial charge in [0, 0.05) is 33.2 Å². The van der Waals surface area contributed by atoms with Crippen LogP contribution in [0.25, 0.3) is 0 Å². The summed E-state index contributed by atoms with van der Waals surface area (Å²) in [6.45, 7) is 2.17. The van der Waals surface area contributed by atoms with Crippen molar-refractivity contribution in [1.29, 1.82) is 0 Å². The van der Waals surface area contributed by atoms with Crippen molar-refractivity contribution in [3.8, 4) is 0 Å². The van der Waals surface area contributed by atoms with E-state index in [1.165, 1.54) is 5.56 Å². The Kier molecular flexibility index (Phi) is 5.75. The summed E-state index contributed by atoms with van der Waals surface area (Å²) in [6, 6.07) is 10.0. The van der Waals surface area contributed by atoms with Crippen LogP contribution >= 0.6 is 0 Å². The van der Waals surface area contributed by atoms with Crippen molar-refractivity contribution in [1.82, 2.24) is 10.2 Å². The normalized spacial score (nSPS) is 18.0. The molecule has 0 aliphatic carbocycles. The predicted octanol–water partition coefficient (Wildman–Crippen LogP) is 0.840. The first-order chi connectivity index (χ1) is 10.2. The van der Waals surface area contributed by atoms with Gasteiger partial charge in [0.05, 0.1) is 12.5 Å². The van der Waals surface area contributed by atoms with Crippen LogP contribution in [0.3, 0.4) is 0 Å². The second kappa shape index (κ2) is 7.78. The monoisotopic (exact) mass is 290 g/mol. The highest BCUT2D eigenvalue weighted by molar-refractivity contribution is 5.89. The van der Waals surface area contributed by atoms with Gasteiger partial charge in [-0.2, -0.15) is 0 Å². The number of benzene rings is 1. The molecule has 5 heteroatoms. The second-order valence-electron chi connectivity index (χ2n) is 5.26. The number of rotatable bonds is 7. The van der Waals surface area contributed by atoms with Crippen molar-refractivity contribution >= 4 is 11.8 Å². The lowest BCUT2D eigenvalue weighted by atomic mass is 10.1. The van der Waals surface area contributed by atoms with E-state index in [9.17, 15) is 9.59 Å². The van der Waals surface area contributed by atoms with E-state index in [0.29, 0.717) is 32.7 Å². The Morgan fingerprint density at radius 2 is 2.14 bits per heavy atom. The molecule has 5 nitrogen and oxygen atoms in total. The van der Waals surface area contributed by atoms with Gasteiger partial charge in [0.2, 0.25) is 11.8 Å². The summed E-state index contributed by atoms with van der Waals surface area (Å²) in [4.78, 5) is 25.6. The van der Waals surface area contributed by atoms with E-state index in [2.05, 4.69) is 5.32 Å². The van der Waals surface area contributed by atoms with Crippen molar-refractivity contribution in [3.05, 3.63) is 35.9 Å². The molecule has 0 bridgehead atoms. The largest absolute Gasteiger partial charge is 0.383 e. The zero-order valence-electron chi connectivity index (χ0n) is 12.4. The summed E-state index contributed by atoms with van der Waals surface area (Å²) in [5.74, 6) is -0.223. The van der Waals surface area contributed by atoms with Crippen LogP contribution in [0.15, 0.2) is 30.3 Å². The maximum atomic E-state index is 12.1. The maximum Gasteiger partial charge on any atom is 0.225 e. The van der Waals surface area contributed by atoms with Crippen molar-refractivity contribution in [2.75, 3.05) is 33.4 Å². The number of hydrogen-bond donors (Lipinski definition) is 1. The molecule has 0 saturated carbocycles. The van der Waals surface area contributed by atoms with Crippen molar-refractivity contribution in [3.63, 3.8) is 0 Å². The fraction of sp³-hybridized carbons (Fsp3) is 0.500. The van der Waals surface area contributed by atoms with E-state index in [4.69, 9.17) is 4.74 Å². The lowest BCUT2D eigenvalue weighted by Gasteiger charge is -2.15. The van der Waals surface area contributed by atoms with Crippen molar-refractivity contribution < 1.29 is 14.3 Å². The van der Waals surface area contributed by atoms with Gasteiger partial charge >= 0.3 is 0 Å². The van der Waals surface area contributed by atoms with Gasteiger partial charge in [-0.25, -0.2) is 0 Å². The SMILES string of the molecule is COCCN1C[C@H](C(=O)NCCc2ccccc2)CC1=O. The first-order valence-electron chi connectivity index (χ1n) is 7.29. The van der Waals surface area contributed by atoms with E-state index >= 15 is 0 Å². The van der Waals surface area contributed by atoms with Gasteiger partial charge in [0.15, 0.2) is 0 Å². The number of likely N-dealkylation sites (tertiary alicyclic amines) is 1. The van der Waals surface area contributed by atoms with Gasteiger partial charge in [-0.3, -0.25) is 9.59 Å². The highest BCUT2D eigenvalue weighted by atomic mass is 16.5. The summed E-state index contributed by atoms with van der Waals surface area (Å²) in [5.41, 5.74) is 1.20. The van der Waals surface area contributed by atoms with Crippen LogP contribution in [-0.4, -0.2) is 50.1 Å². The number of carbonyl (C=O) groups excluding carboxylic acids is 2. The molecule has 0 unspecified atom stereocenters. The number of amides is 2. The highest BCUT2D eigenvalue weighted by Gasteiger charge is 2.33. The molecule has 0 aromatic heterocycles. The Morgan fingerprint density at radius 3 is 2.86 bits per heavy atom. The third kappa shape index (κ3) is 4.56. The topological polar surface area (TPSA) is 58.6 Å². The van der Waals surface area contributed by atoms with Gasteiger partial charge < -0.3 is 15.0 Å². The predicted molar refractivity (Wildman–Crippen MR) is 79.7 cm³/mol. The molecular weight excluding hydrogens is 268 g/mol. The average Bonchev–Trinajstić information content (AvgIpc) is 2.87. The maximum absolute atomic E-state index is 12.1. The van der Waals surface area contributed by atoms with E-state index in [-0.39, 0.29) is 17.7 Å². The molecule has 2 amide bonds. The van der Waals surface area contributed by atoms with Crippen LogP contribution in [0.1, 0.15) is 12.0 Å². The van der Waals surface area contributed by atoms with Crippen LogP contribution in [0.5, 0.6) is 0 Å². The quantitative estimate of drug-likeness (QED) is 0.809. The third-order valence-electron chi connectivity index (χ3n) is 3.71. The molecule has 1 saturated heterocycles. The minimum absolute atomic E-state index is 0.0285. The molecule has 114 valence electrons. The molecule has 1 fully saturated rings. The zero-order valence-corrected chi connectivity index (χ0v) is 12.4.